The van der Waals surface area contributed by atoms with Gasteiger partial charge in [-0.3, -0.25) is 0 Å². The Kier molecular flexibility index (Phi) is 5.47. The molecule has 3 rings (SSSR count). The van der Waals surface area contributed by atoms with Gasteiger partial charge in [0.05, 0.1) is 21.8 Å². The third-order valence-corrected chi connectivity index (χ3v) is 5.47. The van der Waals surface area contributed by atoms with Gasteiger partial charge in [0, 0.05) is 0 Å². The number of halogens is 4. The van der Waals surface area contributed by atoms with Gasteiger partial charge in [-0.2, -0.15) is 13.2 Å². The first-order valence-corrected chi connectivity index (χ1v) is 9.21. The molecule has 0 aliphatic carbocycles. The van der Waals surface area contributed by atoms with Gasteiger partial charge in [-0.25, -0.2) is 0 Å². The Labute approximate surface area is 167 Å². The zero-order valence-corrected chi connectivity index (χ0v) is 16.8. The minimum Gasteiger partial charge on any atom is -0.487 e. The van der Waals surface area contributed by atoms with Crippen LogP contribution in [-0.2, 0) is 22.1 Å². The number of alkyl halides is 3. The zero-order valence-electron chi connectivity index (χ0n) is 16.1. The molecule has 0 saturated carbocycles. The van der Waals surface area contributed by atoms with Gasteiger partial charge in [0.1, 0.15) is 12.4 Å². The van der Waals surface area contributed by atoms with Crippen molar-refractivity contribution < 1.29 is 27.2 Å². The quantitative estimate of drug-likeness (QED) is 0.643. The lowest BCUT2D eigenvalue weighted by Crippen LogP contribution is -2.41. The predicted octanol–water partition coefficient (Wildman–Crippen LogP) is 5.24. The van der Waals surface area contributed by atoms with Gasteiger partial charge in [-0.05, 0) is 56.9 Å². The Bertz CT molecular complexity index is 835. The van der Waals surface area contributed by atoms with Crippen molar-refractivity contribution in [2.75, 3.05) is 0 Å². The maximum Gasteiger partial charge on any atom is 0.494 e. The van der Waals surface area contributed by atoms with Crippen molar-refractivity contribution in [2.45, 2.75) is 51.7 Å². The average molecular weight is 413 g/mol. The van der Waals surface area contributed by atoms with E-state index < -0.39 is 30.1 Å². The number of ether oxygens (including phenoxy) is 1. The van der Waals surface area contributed by atoms with Crippen LogP contribution in [0.1, 0.15) is 38.8 Å². The smallest absolute Gasteiger partial charge is 0.487 e. The molecule has 0 spiro atoms. The molecule has 28 heavy (non-hydrogen) atoms. The van der Waals surface area contributed by atoms with Crippen LogP contribution in [0.5, 0.6) is 5.75 Å². The van der Waals surface area contributed by atoms with E-state index in [0.717, 1.165) is 23.2 Å². The molecular formula is C20H21BClF3O3. The lowest BCUT2D eigenvalue weighted by atomic mass is 9.79. The summed E-state index contributed by atoms with van der Waals surface area (Å²) in [6.45, 7) is 8.01. The van der Waals surface area contributed by atoms with Gasteiger partial charge < -0.3 is 14.0 Å². The minimum atomic E-state index is -4.45. The first-order chi connectivity index (χ1) is 12.9. The van der Waals surface area contributed by atoms with Crippen molar-refractivity contribution in [3.63, 3.8) is 0 Å². The van der Waals surface area contributed by atoms with Crippen LogP contribution in [0.4, 0.5) is 13.2 Å². The van der Waals surface area contributed by atoms with Crippen LogP contribution >= 0.6 is 11.6 Å². The molecular weight excluding hydrogens is 391 g/mol. The summed E-state index contributed by atoms with van der Waals surface area (Å²) in [6, 6.07) is 10.4. The molecule has 8 heteroatoms. The van der Waals surface area contributed by atoms with E-state index in [1.807, 2.05) is 52.0 Å². The number of rotatable bonds is 4. The van der Waals surface area contributed by atoms with Gasteiger partial charge in [0.2, 0.25) is 0 Å². The minimum absolute atomic E-state index is 0.00785. The third-order valence-electron chi connectivity index (χ3n) is 5.16. The summed E-state index contributed by atoms with van der Waals surface area (Å²) in [7, 11) is -0.474. The maximum atomic E-state index is 12.8. The molecule has 0 atom stereocenters. The molecule has 1 heterocycles. The molecule has 3 nitrogen and oxygen atoms in total. The van der Waals surface area contributed by atoms with Crippen molar-refractivity contribution in [2.24, 2.45) is 0 Å². The monoisotopic (exact) mass is 412 g/mol. The maximum absolute atomic E-state index is 12.8. The highest BCUT2D eigenvalue weighted by Crippen LogP contribution is 2.37. The Morgan fingerprint density at radius 3 is 2.07 bits per heavy atom. The molecule has 0 amide bonds. The van der Waals surface area contributed by atoms with Crippen LogP contribution in [0.15, 0.2) is 42.5 Å². The summed E-state index contributed by atoms with van der Waals surface area (Å²) >= 11 is 5.95. The molecule has 0 N–H and O–H groups in total. The second-order valence-corrected chi connectivity index (χ2v) is 8.17. The van der Waals surface area contributed by atoms with Gasteiger partial charge in [-0.15, -0.1) is 0 Å². The lowest BCUT2D eigenvalue weighted by Gasteiger charge is -2.32. The van der Waals surface area contributed by atoms with Crippen LogP contribution < -0.4 is 10.2 Å². The Morgan fingerprint density at radius 1 is 0.964 bits per heavy atom. The second-order valence-electron chi connectivity index (χ2n) is 7.76. The topological polar surface area (TPSA) is 27.7 Å². The standard InChI is InChI=1S/C20H21BClF3O3/c1-18(2)19(3,4)28-21(27-18)15-8-5-13(6-9-15)12-26-17-11-14(20(23,24)25)7-10-16(17)22/h5-11H,12H2,1-4H3. The summed E-state index contributed by atoms with van der Waals surface area (Å²) in [5, 5.41) is 0.127. The number of hydrogen-bond donors (Lipinski definition) is 0. The molecule has 0 aromatic heterocycles. The van der Waals surface area contributed by atoms with Crippen molar-refractivity contribution in [3.8, 4) is 5.75 Å². The summed E-state index contributed by atoms with van der Waals surface area (Å²) < 4.78 is 56.0. The van der Waals surface area contributed by atoms with Crippen LogP contribution in [0.25, 0.3) is 0 Å². The molecule has 1 aliphatic rings. The third kappa shape index (κ3) is 4.32. The average Bonchev–Trinajstić information content (AvgIpc) is 2.81. The Hall–Kier alpha value is -1.70. The highest BCUT2D eigenvalue weighted by Gasteiger charge is 2.51. The largest absolute Gasteiger partial charge is 0.494 e. The van der Waals surface area contributed by atoms with E-state index >= 15 is 0 Å². The number of benzene rings is 2. The fraction of sp³-hybridized carbons (Fsp3) is 0.400. The van der Waals surface area contributed by atoms with Crippen molar-refractivity contribution in [1.29, 1.82) is 0 Å². The zero-order chi connectivity index (χ0) is 20.7. The summed E-state index contributed by atoms with van der Waals surface area (Å²) in [5.74, 6) is -0.00785. The highest BCUT2D eigenvalue weighted by atomic mass is 35.5. The normalized spacial score (nSPS) is 18.4. The first kappa shape index (κ1) is 21.0. The SMILES string of the molecule is CC1(C)OB(c2ccc(COc3cc(C(F)(F)F)ccc3Cl)cc2)OC1(C)C. The fourth-order valence-corrected chi connectivity index (χ4v) is 2.87. The molecule has 0 radical (unpaired) electrons. The van der Waals surface area contributed by atoms with Gasteiger partial charge in [-0.1, -0.05) is 35.9 Å². The molecule has 2 aromatic rings. The van der Waals surface area contributed by atoms with Crippen LogP contribution in [-0.4, -0.2) is 18.3 Å². The van der Waals surface area contributed by atoms with E-state index in [1.54, 1.807) is 0 Å². The second kappa shape index (κ2) is 7.28. The van der Waals surface area contributed by atoms with E-state index in [1.165, 1.54) is 6.07 Å². The summed E-state index contributed by atoms with van der Waals surface area (Å²) in [5.41, 5.74) is -0.0180. The molecule has 0 bridgehead atoms. The van der Waals surface area contributed by atoms with Crippen molar-refractivity contribution >= 4 is 24.2 Å². The van der Waals surface area contributed by atoms with Gasteiger partial charge >= 0.3 is 13.3 Å². The van der Waals surface area contributed by atoms with Crippen LogP contribution in [0, 0.1) is 0 Å². The molecule has 2 aromatic carbocycles. The van der Waals surface area contributed by atoms with E-state index in [-0.39, 0.29) is 17.4 Å². The van der Waals surface area contributed by atoms with Crippen LogP contribution in [0.3, 0.4) is 0 Å². The molecule has 1 fully saturated rings. The molecule has 1 saturated heterocycles. The van der Waals surface area contributed by atoms with Crippen molar-refractivity contribution in [1.82, 2.24) is 0 Å². The summed E-state index contributed by atoms with van der Waals surface area (Å²) in [6.07, 6.45) is -4.45. The Balaban J connectivity index is 1.68. The molecule has 150 valence electrons. The number of hydrogen-bond acceptors (Lipinski definition) is 3. The predicted molar refractivity (Wildman–Crippen MR) is 103 cm³/mol. The molecule has 0 unspecified atom stereocenters. The molecule has 1 aliphatic heterocycles. The lowest BCUT2D eigenvalue weighted by molar-refractivity contribution is -0.137. The van der Waals surface area contributed by atoms with Gasteiger partial charge in [0.25, 0.3) is 0 Å². The van der Waals surface area contributed by atoms with E-state index in [9.17, 15) is 13.2 Å². The Morgan fingerprint density at radius 2 is 1.54 bits per heavy atom. The fourth-order valence-electron chi connectivity index (χ4n) is 2.70. The van der Waals surface area contributed by atoms with Crippen molar-refractivity contribution in [3.05, 3.63) is 58.6 Å². The van der Waals surface area contributed by atoms with E-state index in [2.05, 4.69) is 0 Å². The van der Waals surface area contributed by atoms with Crippen LogP contribution in [0.2, 0.25) is 5.02 Å². The summed E-state index contributed by atoms with van der Waals surface area (Å²) in [4.78, 5) is 0. The van der Waals surface area contributed by atoms with E-state index in [0.29, 0.717) is 0 Å². The first-order valence-electron chi connectivity index (χ1n) is 8.83. The van der Waals surface area contributed by atoms with E-state index in [4.69, 9.17) is 25.6 Å². The highest BCUT2D eigenvalue weighted by molar-refractivity contribution is 6.62. The van der Waals surface area contributed by atoms with Gasteiger partial charge in [0.15, 0.2) is 0 Å².